The molecule has 6 aromatic rings. The molecule has 0 saturated carbocycles. The van der Waals surface area contributed by atoms with Gasteiger partial charge in [0.05, 0.1) is 21.5 Å². The van der Waals surface area contributed by atoms with Crippen LogP contribution in [0.25, 0.3) is 43.9 Å². The quantitative estimate of drug-likeness (QED) is 0.229. The Hall–Kier alpha value is -4.36. The van der Waals surface area contributed by atoms with Crippen molar-refractivity contribution in [2.24, 2.45) is 0 Å². The largest absolute Gasteiger partial charge is 2.00 e. The van der Waals surface area contributed by atoms with Gasteiger partial charge in [-0.1, -0.05) is 35.8 Å². The van der Waals surface area contributed by atoms with Crippen LogP contribution in [0.5, 0.6) is 23.0 Å². The summed E-state index contributed by atoms with van der Waals surface area (Å²) in [5.74, 6) is -0.686. The van der Waals surface area contributed by atoms with Crippen LogP contribution in [0.4, 0.5) is 0 Å². The summed E-state index contributed by atoms with van der Waals surface area (Å²) < 4.78 is 10.9. The minimum absolute atomic E-state index is 0. The van der Waals surface area contributed by atoms with Gasteiger partial charge in [-0.15, -0.1) is 0 Å². The summed E-state index contributed by atoms with van der Waals surface area (Å²) in [6, 6.07) is 17.2. The second kappa shape index (κ2) is 9.12. The van der Waals surface area contributed by atoms with Gasteiger partial charge in [-0.2, -0.15) is 0 Å². The molecular formula is C26H14O8Zn. The zero-order valence-corrected chi connectivity index (χ0v) is 20.9. The van der Waals surface area contributed by atoms with Crippen LogP contribution in [0, 0.1) is 0 Å². The molecule has 0 bridgehead atoms. The summed E-state index contributed by atoms with van der Waals surface area (Å²) >= 11 is 0. The van der Waals surface area contributed by atoms with E-state index >= 15 is 0 Å². The van der Waals surface area contributed by atoms with E-state index in [-0.39, 0.29) is 86.4 Å². The van der Waals surface area contributed by atoms with E-state index in [1.54, 1.807) is 12.1 Å². The molecule has 0 aliphatic heterocycles. The van der Waals surface area contributed by atoms with Crippen LogP contribution in [-0.2, 0) is 19.5 Å². The third kappa shape index (κ3) is 4.18. The Morgan fingerprint density at radius 1 is 0.571 bits per heavy atom. The molecule has 0 spiro atoms. The van der Waals surface area contributed by atoms with E-state index in [1.807, 2.05) is 0 Å². The molecule has 0 fully saturated rings. The second-order valence-corrected chi connectivity index (χ2v) is 7.48. The van der Waals surface area contributed by atoms with E-state index in [0.717, 1.165) is 0 Å². The van der Waals surface area contributed by atoms with Gasteiger partial charge in [0, 0.05) is 12.1 Å². The van der Waals surface area contributed by atoms with E-state index in [1.165, 1.54) is 60.7 Å². The maximum Gasteiger partial charge on any atom is 2.00 e. The van der Waals surface area contributed by atoms with Crippen molar-refractivity contribution in [3.63, 3.8) is 0 Å². The number of phenolic OH excluding ortho intramolecular Hbond substituents is 2. The molecule has 0 amide bonds. The Morgan fingerprint density at radius 3 is 1.37 bits per heavy atom. The number of hydrogen-bond donors (Lipinski definition) is 2. The van der Waals surface area contributed by atoms with Crippen LogP contribution in [0.2, 0.25) is 0 Å². The van der Waals surface area contributed by atoms with Crippen LogP contribution in [0.1, 0.15) is 0 Å². The zero-order chi connectivity index (χ0) is 24.0. The smallest absolute Gasteiger partial charge is 0.872 e. The van der Waals surface area contributed by atoms with Crippen molar-refractivity contribution in [2.75, 3.05) is 0 Å². The van der Waals surface area contributed by atoms with Crippen LogP contribution < -0.4 is 21.1 Å². The Balaban J connectivity index is 0.000000160. The summed E-state index contributed by atoms with van der Waals surface area (Å²) in [6.07, 6.45) is 0. The molecule has 0 atom stereocenters. The summed E-state index contributed by atoms with van der Waals surface area (Å²) in [6.45, 7) is 0. The summed E-state index contributed by atoms with van der Waals surface area (Å²) in [7, 11) is 0. The number of fused-ring (bicyclic) bond motifs is 4. The van der Waals surface area contributed by atoms with Crippen molar-refractivity contribution in [2.45, 2.75) is 0 Å². The van der Waals surface area contributed by atoms with Crippen molar-refractivity contribution in [1.29, 1.82) is 0 Å². The van der Waals surface area contributed by atoms with Crippen LogP contribution in [0.15, 0.2) is 91.2 Å². The number of benzene rings is 4. The molecular weight excluding hydrogens is 506 g/mol. The Bertz CT molecular complexity index is 1710. The minimum atomic E-state index is -0.369. The molecule has 0 aliphatic carbocycles. The maximum absolute atomic E-state index is 12.1. The molecule has 0 aliphatic rings. The van der Waals surface area contributed by atoms with Gasteiger partial charge in [0.15, 0.2) is 10.9 Å². The minimum Gasteiger partial charge on any atom is -0.872 e. The maximum atomic E-state index is 12.1. The van der Waals surface area contributed by atoms with E-state index in [0.29, 0.717) is 10.8 Å². The standard InChI is InChI=1S/2C13H8O4.Zn/c2*14-7-4-5-8-11(6-7)17-10-3-1-2-9(15)12(10)13(8)16;/h2*1-6,14-15H;/q;;+2/p-2. The first kappa shape index (κ1) is 23.8. The molecule has 0 radical (unpaired) electrons. The molecule has 2 aromatic heterocycles. The van der Waals surface area contributed by atoms with Crippen molar-refractivity contribution < 1.29 is 48.7 Å². The van der Waals surface area contributed by atoms with Crippen molar-refractivity contribution in [3.8, 4) is 23.0 Å². The summed E-state index contributed by atoms with van der Waals surface area (Å²) in [5, 5.41) is 42.5. The average molecular weight is 520 g/mol. The normalized spacial score (nSPS) is 10.7. The van der Waals surface area contributed by atoms with Gasteiger partial charge in [-0.05, 0) is 36.4 Å². The third-order valence-corrected chi connectivity index (χ3v) is 5.29. The number of hydrogen-bond acceptors (Lipinski definition) is 8. The first-order valence-corrected chi connectivity index (χ1v) is 10.0. The summed E-state index contributed by atoms with van der Waals surface area (Å²) in [5.41, 5.74) is 0.279. The SMILES string of the molecule is O=c1c2ccc(O)cc2oc2cccc([O-])c12.O=c1c2ccc(O)cc2oc2cccc([O-])c12.[Zn+2]. The fourth-order valence-electron chi connectivity index (χ4n) is 3.71. The van der Waals surface area contributed by atoms with Crippen LogP contribution in [-0.4, -0.2) is 10.2 Å². The first-order valence-electron chi connectivity index (χ1n) is 10.0. The van der Waals surface area contributed by atoms with Crippen molar-refractivity contribution in [1.82, 2.24) is 0 Å². The van der Waals surface area contributed by atoms with Gasteiger partial charge < -0.3 is 29.3 Å². The number of phenols is 2. The fourth-order valence-corrected chi connectivity index (χ4v) is 3.71. The van der Waals surface area contributed by atoms with Crippen molar-refractivity contribution >= 4 is 43.9 Å². The second-order valence-electron chi connectivity index (χ2n) is 7.48. The van der Waals surface area contributed by atoms with E-state index in [4.69, 9.17) is 8.83 Å². The number of rotatable bonds is 0. The zero-order valence-electron chi connectivity index (χ0n) is 18.0. The Kier molecular flexibility index (Phi) is 6.20. The van der Waals surface area contributed by atoms with E-state index < -0.39 is 0 Å². The molecule has 8 nitrogen and oxygen atoms in total. The van der Waals surface area contributed by atoms with Crippen molar-refractivity contribution in [3.05, 3.63) is 93.2 Å². The van der Waals surface area contributed by atoms with Gasteiger partial charge in [0.1, 0.15) is 33.8 Å². The average Bonchev–Trinajstić information content (AvgIpc) is 2.79. The molecule has 2 N–H and O–H groups in total. The topological polar surface area (TPSA) is 147 Å². The molecule has 9 heteroatoms. The predicted octanol–water partition coefficient (Wildman–Crippen LogP) is 3.45. The van der Waals surface area contributed by atoms with Gasteiger partial charge >= 0.3 is 19.5 Å². The third-order valence-electron chi connectivity index (χ3n) is 5.29. The summed E-state index contributed by atoms with van der Waals surface area (Å²) in [4.78, 5) is 24.2. The molecule has 2 heterocycles. The van der Waals surface area contributed by atoms with Gasteiger partial charge in [0.25, 0.3) is 0 Å². The molecule has 0 saturated heterocycles. The number of aromatic hydroxyl groups is 2. The molecule has 0 unspecified atom stereocenters. The monoisotopic (exact) mass is 518 g/mol. The van der Waals surface area contributed by atoms with Gasteiger partial charge in [-0.3, -0.25) is 9.59 Å². The van der Waals surface area contributed by atoms with Crippen LogP contribution >= 0.6 is 0 Å². The molecule has 168 valence electrons. The Morgan fingerprint density at radius 2 is 0.971 bits per heavy atom. The fraction of sp³-hybridized carbons (Fsp3) is 0. The molecule has 6 rings (SSSR count). The van der Waals surface area contributed by atoms with Gasteiger partial charge in [0.2, 0.25) is 0 Å². The Labute approximate surface area is 208 Å². The molecule has 4 aromatic carbocycles. The molecule has 35 heavy (non-hydrogen) atoms. The van der Waals surface area contributed by atoms with E-state index in [9.17, 15) is 30.0 Å². The predicted molar refractivity (Wildman–Crippen MR) is 122 cm³/mol. The van der Waals surface area contributed by atoms with E-state index in [2.05, 4.69) is 0 Å². The van der Waals surface area contributed by atoms with Gasteiger partial charge in [-0.25, -0.2) is 0 Å². The van der Waals surface area contributed by atoms with Crippen LogP contribution in [0.3, 0.4) is 0 Å². The first-order chi connectivity index (χ1) is 16.3.